The van der Waals surface area contributed by atoms with Gasteiger partial charge in [0, 0.05) is 28.3 Å². The lowest BCUT2D eigenvalue weighted by atomic mass is 10.2. The summed E-state index contributed by atoms with van der Waals surface area (Å²) in [6.07, 6.45) is 3.99. The third kappa shape index (κ3) is 4.86. The Hall–Kier alpha value is -1.33. The van der Waals surface area contributed by atoms with Crippen LogP contribution < -0.4 is 10.1 Å². The molecule has 0 bridgehead atoms. The Balaban J connectivity index is 2.00. The van der Waals surface area contributed by atoms with E-state index in [0.29, 0.717) is 12.5 Å². The van der Waals surface area contributed by atoms with Crippen molar-refractivity contribution in [2.45, 2.75) is 26.9 Å². The Kier molecular flexibility index (Phi) is 5.82. The molecule has 1 N–H and O–H groups in total. The maximum atomic E-state index is 5.40. The summed E-state index contributed by atoms with van der Waals surface area (Å²) in [6, 6.07) is 6.01. The summed E-state index contributed by atoms with van der Waals surface area (Å²) in [7, 11) is 1.69. The van der Waals surface area contributed by atoms with Crippen molar-refractivity contribution < 1.29 is 4.74 Å². The van der Waals surface area contributed by atoms with E-state index in [0.717, 1.165) is 28.9 Å². The van der Waals surface area contributed by atoms with E-state index in [2.05, 4.69) is 52.5 Å². The van der Waals surface area contributed by atoms with E-state index in [1.54, 1.807) is 7.11 Å². The quantitative estimate of drug-likeness (QED) is 0.830. The molecule has 0 fully saturated rings. The van der Waals surface area contributed by atoms with Crippen LogP contribution in [0.1, 0.15) is 25.0 Å². The highest BCUT2D eigenvalue weighted by Crippen LogP contribution is 2.23. The molecular formula is C16H22BrN3O. The predicted molar refractivity (Wildman–Crippen MR) is 88.6 cm³/mol. The van der Waals surface area contributed by atoms with Crippen molar-refractivity contribution in [3.8, 4) is 5.75 Å². The van der Waals surface area contributed by atoms with Gasteiger partial charge < -0.3 is 10.1 Å². The maximum Gasteiger partial charge on any atom is 0.124 e. The number of hydrogen-bond donors (Lipinski definition) is 1. The Morgan fingerprint density at radius 2 is 2.19 bits per heavy atom. The Labute approximate surface area is 134 Å². The first kappa shape index (κ1) is 16.0. The second-order valence-electron chi connectivity index (χ2n) is 5.53. The van der Waals surface area contributed by atoms with Gasteiger partial charge in [0.15, 0.2) is 0 Å². The zero-order valence-corrected chi connectivity index (χ0v) is 14.4. The fourth-order valence-electron chi connectivity index (χ4n) is 2.13. The van der Waals surface area contributed by atoms with Crippen molar-refractivity contribution in [1.29, 1.82) is 0 Å². The van der Waals surface area contributed by atoms with Gasteiger partial charge in [0.25, 0.3) is 0 Å². The van der Waals surface area contributed by atoms with E-state index < -0.39 is 0 Å². The van der Waals surface area contributed by atoms with Gasteiger partial charge in [-0.3, -0.25) is 4.68 Å². The Morgan fingerprint density at radius 1 is 1.38 bits per heavy atom. The Bertz CT molecular complexity index is 581. The van der Waals surface area contributed by atoms with Gasteiger partial charge in [-0.15, -0.1) is 0 Å². The molecule has 4 nitrogen and oxygen atoms in total. The minimum Gasteiger partial charge on any atom is -0.496 e. The molecule has 1 heterocycles. The minimum absolute atomic E-state index is 0.658. The van der Waals surface area contributed by atoms with E-state index >= 15 is 0 Å². The third-order valence-electron chi connectivity index (χ3n) is 3.14. The summed E-state index contributed by atoms with van der Waals surface area (Å²) in [5.41, 5.74) is 2.31. The molecule has 0 radical (unpaired) electrons. The van der Waals surface area contributed by atoms with Crippen molar-refractivity contribution in [2.24, 2.45) is 5.92 Å². The van der Waals surface area contributed by atoms with Crippen molar-refractivity contribution in [2.75, 3.05) is 13.7 Å². The lowest BCUT2D eigenvalue weighted by Crippen LogP contribution is -2.18. The van der Waals surface area contributed by atoms with Crippen LogP contribution in [0.2, 0.25) is 0 Å². The van der Waals surface area contributed by atoms with Crippen LogP contribution in [0.4, 0.5) is 0 Å². The lowest BCUT2D eigenvalue weighted by Gasteiger charge is -2.09. The average molecular weight is 352 g/mol. The van der Waals surface area contributed by atoms with Crippen LogP contribution in [0.25, 0.3) is 0 Å². The van der Waals surface area contributed by atoms with Gasteiger partial charge in [-0.05, 0) is 30.7 Å². The molecule has 0 aliphatic carbocycles. The van der Waals surface area contributed by atoms with Crippen molar-refractivity contribution >= 4 is 15.9 Å². The molecule has 0 amide bonds. The molecule has 0 saturated carbocycles. The van der Waals surface area contributed by atoms with Gasteiger partial charge in [-0.1, -0.05) is 29.8 Å². The van der Waals surface area contributed by atoms with Crippen molar-refractivity contribution in [3.05, 3.63) is 46.2 Å². The van der Waals surface area contributed by atoms with Gasteiger partial charge >= 0.3 is 0 Å². The summed E-state index contributed by atoms with van der Waals surface area (Å²) >= 11 is 3.50. The monoisotopic (exact) mass is 351 g/mol. The van der Waals surface area contributed by atoms with E-state index in [1.807, 2.05) is 23.0 Å². The predicted octanol–water partition coefficient (Wildman–Crippen LogP) is 3.45. The molecule has 1 aromatic heterocycles. The molecule has 2 aromatic rings. The van der Waals surface area contributed by atoms with Gasteiger partial charge in [0.05, 0.1) is 19.9 Å². The maximum absolute atomic E-state index is 5.40. The highest BCUT2D eigenvalue weighted by atomic mass is 79.9. The zero-order valence-electron chi connectivity index (χ0n) is 12.8. The molecule has 114 valence electrons. The van der Waals surface area contributed by atoms with Crippen LogP contribution in [0, 0.1) is 5.92 Å². The number of ether oxygens (including phenoxy) is 1. The summed E-state index contributed by atoms with van der Waals surface area (Å²) in [5.74, 6) is 1.54. The highest BCUT2D eigenvalue weighted by molar-refractivity contribution is 9.10. The van der Waals surface area contributed by atoms with E-state index in [9.17, 15) is 0 Å². The number of methoxy groups -OCH3 is 1. The van der Waals surface area contributed by atoms with Crippen molar-refractivity contribution in [1.82, 2.24) is 15.1 Å². The summed E-state index contributed by atoms with van der Waals surface area (Å²) < 4.78 is 8.38. The molecule has 0 spiro atoms. The number of benzene rings is 1. The normalized spacial score (nSPS) is 11.1. The molecule has 1 aromatic carbocycles. The van der Waals surface area contributed by atoms with Crippen LogP contribution >= 0.6 is 15.9 Å². The summed E-state index contributed by atoms with van der Waals surface area (Å²) in [4.78, 5) is 0. The van der Waals surface area contributed by atoms with Crippen LogP contribution in [0.15, 0.2) is 35.1 Å². The Morgan fingerprint density at radius 3 is 2.90 bits per heavy atom. The van der Waals surface area contributed by atoms with Gasteiger partial charge in [-0.2, -0.15) is 5.10 Å². The molecule has 0 aliphatic rings. The molecule has 5 heteroatoms. The fraction of sp³-hybridized carbons (Fsp3) is 0.438. The van der Waals surface area contributed by atoms with Crippen LogP contribution in [-0.2, 0) is 13.1 Å². The third-order valence-corrected chi connectivity index (χ3v) is 3.64. The topological polar surface area (TPSA) is 39.1 Å². The highest BCUT2D eigenvalue weighted by Gasteiger charge is 2.06. The molecule has 0 aliphatic heterocycles. The fourth-order valence-corrected chi connectivity index (χ4v) is 2.54. The zero-order chi connectivity index (χ0) is 15.2. The number of aromatic nitrogens is 2. The first-order valence-corrected chi connectivity index (χ1v) is 7.92. The van der Waals surface area contributed by atoms with E-state index in [-0.39, 0.29) is 0 Å². The number of nitrogens with zero attached hydrogens (tertiary/aromatic N) is 2. The standard InChI is InChI=1S/C16H22BrN3O/c1-12(2)7-18-8-13-9-19-20(10-13)11-14-6-15(17)4-5-16(14)21-3/h4-6,9-10,12,18H,7-8,11H2,1-3H3. The molecule has 0 unspecified atom stereocenters. The smallest absolute Gasteiger partial charge is 0.124 e. The molecule has 0 saturated heterocycles. The molecular weight excluding hydrogens is 330 g/mol. The van der Waals surface area contributed by atoms with E-state index in [1.165, 1.54) is 5.56 Å². The molecule has 2 rings (SSSR count). The lowest BCUT2D eigenvalue weighted by molar-refractivity contribution is 0.407. The number of halogens is 1. The summed E-state index contributed by atoms with van der Waals surface area (Å²) in [6.45, 7) is 6.98. The van der Waals surface area contributed by atoms with Crippen LogP contribution in [0.5, 0.6) is 5.75 Å². The van der Waals surface area contributed by atoms with Gasteiger partial charge in [0.2, 0.25) is 0 Å². The van der Waals surface area contributed by atoms with Crippen LogP contribution in [-0.4, -0.2) is 23.4 Å². The SMILES string of the molecule is COc1ccc(Br)cc1Cn1cc(CNCC(C)C)cn1. The largest absolute Gasteiger partial charge is 0.496 e. The van der Waals surface area contributed by atoms with Gasteiger partial charge in [0.1, 0.15) is 5.75 Å². The second kappa shape index (κ2) is 7.61. The van der Waals surface area contributed by atoms with Gasteiger partial charge in [-0.25, -0.2) is 0 Å². The van der Waals surface area contributed by atoms with Crippen LogP contribution in [0.3, 0.4) is 0 Å². The number of nitrogens with one attached hydrogen (secondary N) is 1. The van der Waals surface area contributed by atoms with E-state index in [4.69, 9.17) is 4.74 Å². The second-order valence-corrected chi connectivity index (χ2v) is 6.44. The summed E-state index contributed by atoms with van der Waals surface area (Å²) in [5, 5.41) is 7.84. The molecule has 0 atom stereocenters. The molecule has 21 heavy (non-hydrogen) atoms. The number of rotatable bonds is 7. The number of hydrogen-bond acceptors (Lipinski definition) is 3. The first-order chi connectivity index (χ1) is 10.1. The first-order valence-electron chi connectivity index (χ1n) is 7.13. The minimum atomic E-state index is 0.658. The van der Waals surface area contributed by atoms with Crippen molar-refractivity contribution in [3.63, 3.8) is 0 Å². The average Bonchev–Trinajstić information content (AvgIpc) is 2.86.